The van der Waals surface area contributed by atoms with Gasteiger partial charge in [-0.2, -0.15) is 0 Å². The number of methoxy groups -OCH3 is 1. The van der Waals surface area contributed by atoms with Gasteiger partial charge in [-0.15, -0.1) is 0 Å². The highest BCUT2D eigenvalue weighted by Crippen LogP contribution is 2.40. The van der Waals surface area contributed by atoms with Gasteiger partial charge in [-0.1, -0.05) is 0 Å². The molecule has 5 heteroatoms. The molecule has 0 amide bonds. The molecule has 0 fully saturated rings. The molecule has 0 unspecified atom stereocenters. The highest BCUT2D eigenvalue weighted by atomic mass is 16.6. The molecule has 0 aromatic carbocycles. The molecule has 0 saturated carbocycles. The normalized spacial score (nSPS) is 10.0. The summed E-state index contributed by atoms with van der Waals surface area (Å²) in [5.41, 5.74) is 0. The van der Waals surface area contributed by atoms with Gasteiger partial charge in [-0.05, 0) is 0 Å². The summed E-state index contributed by atoms with van der Waals surface area (Å²) in [6, 6.07) is 0. The Kier molecular flexibility index (Phi) is 1.91. The Bertz CT molecular complexity index is 227. The van der Waals surface area contributed by atoms with E-state index < -0.39 is 18.1 Å². The van der Waals surface area contributed by atoms with Crippen LogP contribution in [-0.2, 0) is 6.61 Å². The fourth-order valence-electron chi connectivity index (χ4n) is 0.683. The zero-order valence-electron chi connectivity index (χ0n) is 5.87. The third-order valence-electron chi connectivity index (χ3n) is 1.23. The van der Waals surface area contributed by atoms with E-state index >= 15 is 0 Å². The molecule has 1 heterocycles. The second kappa shape index (κ2) is 2.71. The lowest BCUT2D eigenvalue weighted by atomic mass is 10.4. The summed E-state index contributed by atoms with van der Waals surface area (Å²) >= 11 is 0. The van der Waals surface area contributed by atoms with Crippen molar-refractivity contribution >= 4 is 0 Å². The van der Waals surface area contributed by atoms with Crippen LogP contribution >= 0.6 is 0 Å². The van der Waals surface area contributed by atoms with Crippen molar-refractivity contribution in [1.29, 1.82) is 0 Å². The first kappa shape index (κ1) is 7.74. The Labute approximate surface area is 62.5 Å². The number of rotatable bonds is 2. The van der Waals surface area contributed by atoms with Gasteiger partial charge in [0.05, 0.1) is 7.11 Å². The Morgan fingerprint density at radius 1 is 1.36 bits per heavy atom. The van der Waals surface area contributed by atoms with Crippen LogP contribution in [0, 0.1) is 0 Å². The summed E-state index contributed by atoms with van der Waals surface area (Å²) in [7, 11) is 1.28. The number of hydrogen-bond donors (Lipinski definition) is 3. The smallest absolute Gasteiger partial charge is 0.332 e. The Morgan fingerprint density at radius 2 is 2.00 bits per heavy atom. The van der Waals surface area contributed by atoms with Gasteiger partial charge in [0.15, 0.2) is 5.76 Å². The van der Waals surface area contributed by atoms with Gasteiger partial charge >= 0.3 is 5.95 Å². The first-order valence-corrected chi connectivity index (χ1v) is 2.89. The fourth-order valence-corrected chi connectivity index (χ4v) is 0.683. The van der Waals surface area contributed by atoms with Crippen molar-refractivity contribution in [2.24, 2.45) is 0 Å². The van der Waals surface area contributed by atoms with Crippen molar-refractivity contribution in [2.75, 3.05) is 7.11 Å². The summed E-state index contributed by atoms with van der Waals surface area (Å²) in [5, 5.41) is 26.5. The molecule has 62 valence electrons. The van der Waals surface area contributed by atoms with Crippen LogP contribution in [0.4, 0.5) is 0 Å². The van der Waals surface area contributed by atoms with Crippen LogP contribution in [0.25, 0.3) is 0 Å². The predicted molar refractivity (Wildman–Crippen MR) is 34.5 cm³/mol. The van der Waals surface area contributed by atoms with Crippen LogP contribution in [-0.4, -0.2) is 22.4 Å². The van der Waals surface area contributed by atoms with Crippen LogP contribution in [0.1, 0.15) is 5.76 Å². The molecule has 3 N–H and O–H groups in total. The molecule has 0 aliphatic rings. The van der Waals surface area contributed by atoms with Crippen LogP contribution in [0.2, 0.25) is 0 Å². The summed E-state index contributed by atoms with van der Waals surface area (Å²) in [6.07, 6.45) is 0. The van der Waals surface area contributed by atoms with Crippen molar-refractivity contribution in [2.45, 2.75) is 6.61 Å². The molecule has 0 saturated heterocycles. The van der Waals surface area contributed by atoms with Gasteiger partial charge in [-0.3, -0.25) is 0 Å². The van der Waals surface area contributed by atoms with E-state index in [1.54, 1.807) is 0 Å². The molecule has 1 aromatic heterocycles. The molecule has 1 aromatic rings. The molecule has 0 radical (unpaired) electrons. The maximum absolute atomic E-state index is 8.97. The number of aliphatic hydroxyl groups excluding tert-OH is 1. The van der Waals surface area contributed by atoms with E-state index in [0.29, 0.717) is 0 Å². The molecular weight excluding hydrogens is 152 g/mol. The molecule has 0 spiro atoms. The molecular formula is C6H8O5. The minimum atomic E-state index is -0.489. The topological polar surface area (TPSA) is 83.1 Å². The molecule has 0 aliphatic heterocycles. The molecule has 0 atom stereocenters. The average molecular weight is 160 g/mol. The highest BCUT2D eigenvalue weighted by molar-refractivity contribution is 5.47. The second-order valence-corrected chi connectivity index (χ2v) is 1.87. The first-order valence-electron chi connectivity index (χ1n) is 2.89. The van der Waals surface area contributed by atoms with Crippen molar-refractivity contribution in [3.8, 4) is 17.4 Å². The van der Waals surface area contributed by atoms with E-state index in [4.69, 9.17) is 15.3 Å². The standard InChI is InChI=1S/C6H8O5/c1-10-6-5(9)4(8)3(2-7)11-6/h7-9H,2H2,1H3. The van der Waals surface area contributed by atoms with Gasteiger partial charge in [0.25, 0.3) is 0 Å². The minimum Gasteiger partial charge on any atom is -0.502 e. The monoisotopic (exact) mass is 160 g/mol. The van der Waals surface area contributed by atoms with Crippen molar-refractivity contribution in [3.05, 3.63) is 5.76 Å². The molecule has 0 aliphatic carbocycles. The number of ether oxygens (including phenoxy) is 1. The zero-order valence-corrected chi connectivity index (χ0v) is 5.87. The summed E-state index contributed by atoms with van der Waals surface area (Å²) in [5.74, 6) is -1.29. The lowest BCUT2D eigenvalue weighted by molar-refractivity contribution is 0.217. The molecule has 1 rings (SSSR count). The summed E-state index contributed by atoms with van der Waals surface area (Å²) < 4.78 is 9.19. The maximum Gasteiger partial charge on any atom is 0.332 e. The van der Waals surface area contributed by atoms with E-state index in [1.165, 1.54) is 7.11 Å². The predicted octanol–water partition coefficient (Wildman–Crippen LogP) is 0.192. The Hall–Kier alpha value is -1.36. The van der Waals surface area contributed by atoms with Crippen molar-refractivity contribution in [3.63, 3.8) is 0 Å². The minimum absolute atomic E-state index is 0.112. The Morgan fingerprint density at radius 3 is 2.27 bits per heavy atom. The van der Waals surface area contributed by atoms with Gasteiger partial charge < -0.3 is 24.5 Å². The van der Waals surface area contributed by atoms with E-state index in [1.807, 2.05) is 0 Å². The van der Waals surface area contributed by atoms with Crippen LogP contribution in [0.5, 0.6) is 17.4 Å². The van der Waals surface area contributed by atoms with Gasteiger partial charge in [0, 0.05) is 0 Å². The first-order chi connectivity index (χ1) is 5.20. The third-order valence-corrected chi connectivity index (χ3v) is 1.23. The second-order valence-electron chi connectivity index (χ2n) is 1.87. The van der Waals surface area contributed by atoms with Crippen molar-refractivity contribution < 1.29 is 24.5 Å². The van der Waals surface area contributed by atoms with E-state index in [-0.39, 0.29) is 11.7 Å². The van der Waals surface area contributed by atoms with Gasteiger partial charge in [0.2, 0.25) is 11.5 Å². The highest BCUT2D eigenvalue weighted by Gasteiger charge is 2.18. The fraction of sp³-hybridized carbons (Fsp3) is 0.333. The Balaban J connectivity index is 3.12. The third kappa shape index (κ3) is 1.10. The lowest BCUT2D eigenvalue weighted by Gasteiger charge is -1.90. The van der Waals surface area contributed by atoms with E-state index in [9.17, 15) is 0 Å². The van der Waals surface area contributed by atoms with Crippen LogP contribution in [0.15, 0.2) is 4.42 Å². The van der Waals surface area contributed by atoms with Gasteiger partial charge in [-0.25, -0.2) is 0 Å². The van der Waals surface area contributed by atoms with Crippen LogP contribution < -0.4 is 4.74 Å². The number of aromatic hydroxyl groups is 2. The molecule has 0 bridgehead atoms. The summed E-state index contributed by atoms with van der Waals surface area (Å²) in [4.78, 5) is 0. The molecule has 11 heavy (non-hydrogen) atoms. The number of aliphatic hydroxyl groups is 1. The van der Waals surface area contributed by atoms with Crippen molar-refractivity contribution in [1.82, 2.24) is 0 Å². The van der Waals surface area contributed by atoms with Crippen LogP contribution in [0.3, 0.4) is 0 Å². The summed E-state index contributed by atoms with van der Waals surface area (Å²) in [6.45, 7) is -0.483. The molecule has 5 nitrogen and oxygen atoms in total. The maximum atomic E-state index is 8.97. The number of furan rings is 1. The van der Waals surface area contributed by atoms with Gasteiger partial charge in [0.1, 0.15) is 6.61 Å². The quantitative estimate of drug-likeness (QED) is 0.575. The van der Waals surface area contributed by atoms with E-state index in [2.05, 4.69) is 9.15 Å². The SMILES string of the molecule is COc1oc(CO)c(O)c1O. The largest absolute Gasteiger partial charge is 0.502 e. The lowest BCUT2D eigenvalue weighted by Crippen LogP contribution is -1.78. The average Bonchev–Trinajstić information content (AvgIpc) is 2.30. The zero-order chi connectivity index (χ0) is 8.43. The number of hydrogen-bond acceptors (Lipinski definition) is 5. The van der Waals surface area contributed by atoms with E-state index in [0.717, 1.165) is 0 Å².